The molecule has 136 valence electrons. The second-order valence-electron chi connectivity index (χ2n) is 6.17. The number of halogens is 2. The number of rotatable bonds is 6. The van der Waals surface area contributed by atoms with Gasteiger partial charge < -0.3 is 14.2 Å². The van der Waals surface area contributed by atoms with Crippen LogP contribution in [0.3, 0.4) is 0 Å². The highest BCUT2D eigenvalue weighted by atomic mass is 35.5. The maximum Gasteiger partial charge on any atom is 0.156 e. The van der Waals surface area contributed by atoms with Crippen LogP contribution in [0.2, 0.25) is 10.0 Å². The van der Waals surface area contributed by atoms with E-state index in [1.165, 1.54) is 0 Å². The standard InChI is InChI=1S/C20H18Cl2O4/c1-12(2)26-20-17(21)6-13(7-18(20)22)10-24-16-4-3-15-5-14(9-23)11-25-19(15)8-16/h3-9,12H,10-11H2,1-2H3. The summed E-state index contributed by atoms with van der Waals surface area (Å²) in [7, 11) is 0. The summed E-state index contributed by atoms with van der Waals surface area (Å²) in [5, 5.41) is 0.898. The molecule has 0 N–H and O–H groups in total. The summed E-state index contributed by atoms with van der Waals surface area (Å²) < 4.78 is 17.0. The minimum atomic E-state index is -0.0172. The zero-order chi connectivity index (χ0) is 18.7. The van der Waals surface area contributed by atoms with Gasteiger partial charge in [-0.1, -0.05) is 23.2 Å². The monoisotopic (exact) mass is 392 g/mol. The van der Waals surface area contributed by atoms with E-state index >= 15 is 0 Å². The highest BCUT2D eigenvalue weighted by Crippen LogP contribution is 2.35. The third-order valence-corrected chi connectivity index (χ3v) is 4.25. The Morgan fingerprint density at radius 3 is 2.58 bits per heavy atom. The number of carbonyl (C=O) groups excluding carboxylic acids is 1. The van der Waals surface area contributed by atoms with Gasteiger partial charge in [0.15, 0.2) is 5.75 Å². The Morgan fingerprint density at radius 2 is 1.92 bits per heavy atom. The molecular weight excluding hydrogens is 375 g/mol. The van der Waals surface area contributed by atoms with Crippen molar-refractivity contribution >= 4 is 35.6 Å². The summed E-state index contributed by atoms with van der Waals surface area (Å²) in [5.74, 6) is 1.82. The van der Waals surface area contributed by atoms with Gasteiger partial charge in [0.2, 0.25) is 0 Å². The van der Waals surface area contributed by atoms with Gasteiger partial charge in [-0.3, -0.25) is 4.79 Å². The molecule has 0 aliphatic carbocycles. The first-order valence-corrected chi connectivity index (χ1v) is 8.92. The molecule has 0 bridgehead atoms. The van der Waals surface area contributed by atoms with E-state index in [2.05, 4.69) is 0 Å². The third-order valence-electron chi connectivity index (χ3n) is 3.69. The Labute approximate surface area is 162 Å². The largest absolute Gasteiger partial charge is 0.489 e. The van der Waals surface area contributed by atoms with Crippen LogP contribution < -0.4 is 14.2 Å². The second-order valence-corrected chi connectivity index (χ2v) is 6.98. The highest BCUT2D eigenvalue weighted by molar-refractivity contribution is 6.37. The lowest BCUT2D eigenvalue weighted by atomic mass is 10.1. The quantitative estimate of drug-likeness (QED) is 0.622. The van der Waals surface area contributed by atoms with Crippen LogP contribution in [0, 0.1) is 0 Å². The molecule has 0 radical (unpaired) electrons. The maximum absolute atomic E-state index is 10.8. The van der Waals surface area contributed by atoms with Crippen molar-refractivity contribution in [2.45, 2.75) is 26.6 Å². The minimum absolute atomic E-state index is 0.0172. The van der Waals surface area contributed by atoms with Gasteiger partial charge in [0.25, 0.3) is 0 Å². The average Bonchev–Trinajstić information content (AvgIpc) is 2.62. The molecule has 0 fully saturated rings. The van der Waals surface area contributed by atoms with E-state index in [0.29, 0.717) is 39.5 Å². The molecule has 1 aliphatic rings. The van der Waals surface area contributed by atoms with Gasteiger partial charge in [0.1, 0.15) is 31.0 Å². The second kappa shape index (κ2) is 8.02. The number of hydrogen-bond acceptors (Lipinski definition) is 4. The van der Waals surface area contributed by atoms with Crippen molar-refractivity contribution in [2.75, 3.05) is 6.61 Å². The van der Waals surface area contributed by atoms with Crippen molar-refractivity contribution in [3.63, 3.8) is 0 Å². The van der Waals surface area contributed by atoms with Crippen LogP contribution in [0.1, 0.15) is 25.0 Å². The molecule has 0 spiro atoms. The molecule has 0 saturated heterocycles. The summed E-state index contributed by atoms with van der Waals surface area (Å²) in [6, 6.07) is 9.03. The summed E-state index contributed by atoms with van der Waals surface area (Å²) in [4.78, 5) is 10.8. The number of ether oxygens (including phenoxy) is 3. The number of hydrogen-bond donors (Lipinski definition) is 0. The van der Waals surface area contributed by atoms with Crippen LogP contribution >= 0.6 is 23.2 Å². The minimum Gasteiger partial charge on any atom is -0.489 e. The predicted octanol–water partition coefficient (Wildman–Crippen LogP) is 5.33. The van der Waals surface area contributed by atoms with Crippen molar-refractivity contribution in [2.24, 2.45) is 0 Å². The first kappa shape index (κ1) is 18.6. The van der Waals surface area contributed by atoms with Gasteiger partial charge in [-0.05, 0) is 49.8 Å². The van der Waals surface area contributed by atoms with Gasteiger partial charge in [-0.25, -0.2) is 0 Å². The van der Waals surface area contributed by atoms with Gasteiger partial charge in [0, 0.05) is 17.2 Å². The fourth-order valence-electron chi connectivity index (χ4n) is 2.53. The molecular formula is C20H18Cl2O4. The van der Waals surface area contributed by atoms with Crippen LogP contribution in [-0.2, 0) is 11.4 Å². The average molecular weight is 393 g/mol. The van der Waals surface area contributed by atoms with Crippen LogP contribution in [-0.4, -0.2) is 19.0 Å². The van der Waals surface area contributed by atoms with Crippen molar-refractivity contribution in [3.05, 3.63) is 57.1 Å². The zero-order valence-electron chi connectivity index (χ0n) is 14.4. The molecule has 0 aromatic heterocycles. The van der Waals surface area contributed by atoms with E-state index in [-0.39, 0.29) is 12.7 Å². The lowest BCUT2D eigenvalue weighted by Gasteiger charge is -2.17. The van der Waals surface area contributed by atoms with E-state index in [1.807, 2.05) is 32.1 Å². The Hall–Kier alpha value is -2.17. The number of carbonyl (C=O) groups is 1. The van der Waals surface area contributed by atoms with E-state index in [0.717, 1.165) is 17.4 Å². The zero-order valence-corrected chi connectivity index (χ0v) is 15.9. The Kier molecular flexibility index (Phi) is 5.74. The molecule has 4 nitrogen and oxygen atoms in total. The molecule has 0 saturated carbocycles. The van der Waals surface area contributed by atoms with Crippen molar-refractivity contribution < 1.29 is 19.0 Å². The molecule has 0 amide bonds. The molecule has 2 aromatic rings. The molecule has 0 unspecified atom stereocenters. The molecule has 2 aromatic carbocycles. The van der Waals surface area contributed by atoms with Gasteiger partial charge >= 0.3 is 0 Å². The third kappa shape index (κ3) is 4.32. The van der Waals surface area contributed by atoms with Crippen LogP contribution in [0.4, 0.5) is 0 Å². The van der Waals surface area contributed by atoms with Crippen LogP contribution in [0.25, 0.3) is 6.08 Å². The molecule has 6 heteroatoms. The fraction of sp³-hybridized carbons (Fsp3) is 0.250. The van der Waals surface area contributed by atoms with Crippen molar-refractivity contribution in [1.29, 1.82) is 0 Å². The summed E-state index contributed by atoms with van der Waals surface area (Å²) >= 11 is 12.5. The first-order chi connectivity index (χ1) is 12.5. The number of fused-ring (bicyclic) bond motifs is 1. The topological polar surface area (TPSA) is 44.8 Å². The van der Waals surface area contributed by atoms with Gasteiger partial charge in [0.05, 0.1) is 16.1 Å². The molecule has 26 heavy (non-hydrogen) atoms. The fourth-order valence-corrected chi connectivity index (χ4v) is 3.15. The van der Waals surface area contributed by atoms with E-state index in [9.17, 15) is 4.79 Å². The normalized spacial score (nSPS) is 12.9. The lowest BCUT2D eigenvalue weighted by Crippen LogP contribution is -2.08. The molecule has 1 aliphatic heterocycles. The lowest BCUT2D eigenvalue weighted by molar-refractivity contribution is -0.105. The first-order valence-electron chi connectivity index (χ1n) is 8.16. The van der Waals surface area contributed by atoms with Gasteiger partial charge in [-0.2, -0.15) is 0 Å². The van der Waals surface area contributed by atoms with E-state index in [4.69, 9.17) is 37.4 Å². The predicted molar refractivity (Wildman–Crippen MR) is 103 cm³/mol. The summed E-state index contributed by atoms with van der Waals surface area (Å²) in [6.45, 7) is 4.39. The SMILES string of the molecule is CC(C)Oc1c(Cl)cc(COc2ccc3c(c2)OCC(C=O)=C3)cc1Cl. The van der Waals surface area contributed by atoms with Crippen molar-refractivity contribution in [1.82, 2.24) is 0 Å². The van der Waals surface area contributed by atoms with Crippen molar-refractivity contribution in [3.8, 4) is 17.2 Å². The number of benzene rings is 2. The Balaban J connectivity index is 1.72. The van der Waals surface area contributed by atoms with Crippen LogP contribution in [0.15, 0.2) is 35.9 Å². The molecule has 1 heterocycles. The Bertz CT molecular complexity index is 836. The smallest absolute Gasteiger partial charge is 0.156 e. The van der Waals surface area contributed by atoms with E-state index < -0.39 is 0 Å². The van der Waals surface area contributed by atoms with Gasteiger partial charge in [-0.15, -0.1) is 0 Å². The summed E-state index contributed by atoms with van der Waals surface area (Å²) in [5.41, 5.74) is 2.30. The summed E-state index contributed by atoms with van der Waals surface area (Å²) in [6.07, 6.45) is 2.59. The molecule has 3 rings (SSSR count). The van der Waals surface area contributed by atoms with Crippen LogP contribution in [0.5, 0.6) is 17.2 Å². The molecule has 0 atom stereocenters. The number of aldehydes is 1. The maximum atomic E-state index is 10.8. The van der Waals surface area contributed by atoms with E-state index in [1.54, 1.807) is 18.2 Å². The Morgan fingerprint density at radius 1 is 1.19 bits per heavy atom. The highest BCUT2D eigenvalue weighted by Gasteiger charge is 2.14.